The third-order valence-electron chi connectivity index (χ3n) is 3.30. The van der Waals surface area contributed by atoms with Crippen LogP contribution in [0.25, 0.3) is 0 Å². The zero-order valence-corrected chi connectivity index (χ0v) is 12.6. The topological polar surface area (TPSA) is 82.0 Å². The summed E-state index contributed by atoms with van der Waals surface area (Å²) in [6.07, 6.45) is 1.45. The van der Waals surface area contributed by atoms with Gasteiger partial charge >= 0.3 is 0 Å². The molecule has 2 unspecified atom stereocenters. The summed E-state index contributed by atoms with van der Waals surface area (Å²) >= 11 is 5.83. The first-order valence-electron chi connectivity index (χ1n) is 6.38. The first kappa shape index (κ1) is 15.3. The van der Waals surface area contributed by atoms with Crippen LogP contribution in [0.4, 0.5) is 0 Å². The van der Waals surface area contributed by atoms with E-state index in [0.29, 0.717) is 5.02 Å². The monoisotopic (exact) mass is 313 g/mol. The molecule has 2 rings (SSSR count). The molecule has 7 heteroatoms. The summed E-state index contributed by atoms with van der Waals surface area (Å²) in [5.74, 6) is 0. The Morgan fingerprint density at radius 2 is 2.25 bits per heavy atom. The molecule has 1 fully saturated rings. The predicted molar refractivity (Wildman–Crippen MR) is 77.0 cm³/mol. The van der Waals surface area contributed by atoms with Crippen molar-refractivity contribution in [3.8, 4) is 6.07 Å². The summed E-state index contributed by atoms with van der Waals surface area (Å²) in [7, 11) is -3.73. The van der Waals surface area contributed by atoms with Crippen LogP contribution in [-0.4, -0.2) is 27.0 Å². The van der Waals surface area contributed by atoms with Crippen LogP contribution in [0.15, 0.2) is 23.1 Å². The Kier molecular flexibility index (Phi) is 4.66. The summed E-state index contributed by atoms with van der Waals surface area (Å²) in [5.41, 5.74) is 0.101. The van der Waals surface area contributed by atoms with Crippen LogP contribution < -0.4 is 10.0 Å². The van der Waals surface area contributed by atoms with Crippen LogP contribution in [0.2, 0.25) is 5.02 Å². The van der Waals surface area contributed by atoms with Crippen molar-refractivity contribution >= 4 is 21.6 Å². The van der Waals surface area contributed by atoms with Gasteiger partial charge in [0.25, 0.3) is 0 Å². The van der Waals surface area contributed by atoms with Crippen molar-refractivity contribution in [1.29, 1.82) is 5.26 Å². The number of hydrogen-bond donors (Lipinski definition) is 2. The van der Waals surface area contributed by atoms with Gasteiger partial charge in [0.1, 0.15) is 11.0 Å². The number of benzene rings is 1. The lowest BCUT2D eigenvalue weighted by Crippen LogP contribution is -2.46. The quantitative estimate of drug-likeness (QED) is 0.888. The summed E-state index contributed by atoms with van der Waals surface area (Å²) in [5, 5.41) is 12.6. The molecule has 0 bridgehead atoms. The Hall–Kier alpha value is -1.13. The van der Waals surface area contributed by atoms with Crippen molar-refractivity contribution < 1.29 is 8.42 Å². The average molecular weight is 314 g/mol. The van der Waals surface area contributed by atoms with Gasteiger partial charge < -0.3 is 5.32 Å². The highest BCUT2D eigenvalue weighted by Gasteiger charge is 2.26. The van der Waals surface area contributed by atoms with Crippen molar-refractivity contribution in [3.05, 3.63) is 28.8 Å². The first-order chi connectivity index (χ1) is 9.42. The van der Waals surface area contributed by atoms with Gasteiger partial charge in [0.05, 0.1) is 5.56 Å². The van der Waals surface area contributed by atoms with Gasteiger partial charge in [-0.15, -0.1) is 0 Å². The summed E-state index contributed by atoms with van der Waals surface area (Å²) in [4.78, 5) is -0.0568. The van der Waals surface area contributed by atoms with Gasteiger partial charge in [-0.25, -0.2) is 13.1 Å². The maximum absolute atomic E-state index is 12.4. The van der Waals surface area contributed by atoms with E-state index < -0.39 is 10.0 Å². The summed E-state index contributed by atoms with van der Waals surface area (Å²) in [6.45, 7) is 2.79. The standard InChI is InChI=1S/C13H16ClN3O2S/c1-9-6-12(4-5-16-9)17-20(18,19)13-7-11(14)3-2-10(13)8-15/h2-3,7,9,12,16-17H,4-6H2,1H3. The fourth-order valence-electron chi connectivity index (χ4n) is 2.33. The predicted octanol–water partition coefficient (Wildman–Crippen LogP) is 1.63. The maximum atomic E-state index is 12.4. The highest BCUT2D eigenvalue weighted by molar-refractivity contribution is 7.89. The number of nitrogens with one attached hydrogen (secondary N) is 2. The molecule has 0 amide bonds. The molecule has 5 nitrogen and oxygen atoms in total. The Balaban J connectivity index is 2.27. The average Bonchev–Trinajstić information content (AvgIpc) is 2.38. The fraction of sp³-hybridized carbons (Fsp3) is 0.462. The molecule has 0 saturated carbocycles. The zero-order valence-electron chi connectivity index (χ0n) is 11.1. The number of hydrogen-bond acceptors (Lipinski definition) is 4. The van der Waals surface area contributed by atoms with E-state index in [1.807, 2.05) is 13.0 Å². The molecular weight excluding hydrogens is 298 g/mol. The zero-order chi connectivity index (χ0) is 14.8. The van der Waals surface area contributed by atoms with Gasteiger partial charge in [-0.3, -0.25) is 0 Å². The van der Waals surface area contributed by atoms with Crippen LogP contribution in [0, 0.1) is 11.3 Å². The third-order valence-corrected chi connectivity index (χ3v) is 5.09. The minimum absolute atomic E-state index is 0.0568. The number of rotatable bonds is 3. The fourth-order valence-corrected chi connectivity index (χ4v) is 4.03. The molecule has 0 radical (unpaired) electrons. The van der Waals surface area contributed by atoms with Gasteiger partial charge in [-0.05, 0) is 44.5 Å². The van der Waals surface area contributed by atoms with E-state index in [1.165, 1.54) is 18.2 Å². The van der Waals surface area contributed by atoms with Gasteiger partial charge in [0.2, 0.25) is 10.0 Å². The molecule has 0 aromatic heterocycles. The molecular formula is C13H16ClN3O2S. The molecule has 1 aromatic rings. The van der Waals surface area contributed by atoms with Crippen LogP contribution in [0.1, 0.15) is 25.3 Å². The van der Waals surface area contributed by atoms with Gasteiger partial charge in [-0.2, -0.15) is 5.26 Å². The second-order valence-electron chi connectivity index (χ2n) is 4.95. The van der Waals surface area contributed by atoms with E-state index in [0.717, 1.165) is 19.4 Å². The molecule has 0 spiro atoms. The first-order valence-corrected chi connectivity index (χ1v) is 8.24. The van der Waals surface area contributed by atoms with E-state index in [1.54, 1.807) is 0 Å². The smallest absolute Gasteiger partial charge is 0.242 e. The van der Waals surface area contributed by atoms with Crippen LogP contribution in [0.3, 0.4) is 0 Å². The molecule has 1 aliphatic rings. The van der Waals surface area contributed by atoms with Crippen molar-refractivity contribution in [2.24, 2.45) is 0 Å². The second-order valence-corrected chi connectivity index (χ2v) is 7.07. The normalized spacial score (nSPS) is 23.2. The van der Waals surface area contributed by atoms with E-state index >= 15 is 0 Å². The molecule has 2 atom stereocenters. The maximum Gasteiger partial charge on any atom is 0.242 e. The Morgan fingerprint density at radius 3 is 2.90 bits per heavy atom. The van der Waals surface area contributed by atoms with Gasteiger partial charge in [0.15, 0.2) is 0 Å². The number of nitrogens with zero attached hydrogens (tertiary/aromatic N) is 1. The molecule has 2 N–H and O–H groups in total. The summed E-state index contributed by atoms with van der Waals surface area (Å²) in [6, 6.07) is 6.27. The highest BCUT2D eigenvalue weighted by Crippen LogP contribution is 2.21. The van der Waals surface area contributed by atoms with Crippen molar-refractivity contribution in [2.75, 3.05) is 6.54 Å². The number of piperidine rings is 1. The van der Waals surface area contributed by atoms with Crippen molar-refractivity contribution in [1.82, 2.24) is 10.0 Å². The molecule has 1 aromatic carbocycles. The Morgan fingerprint density at radius 1 is 1.50 bits per heavy atom. The van der Waals surface area contributed by atoms with E-state index in [4.69, 9.17) is 16.9 Å². The SMILES string of the molecule is CC1CC(NS(=O)(=O)c2cc(Cl)ccc2C#N)CCN1. The lowest BCUT2D eigenvalue weighted by atomic mass is 10.0. The number of halogens is 1. The Bertz CT molecular complexity index is 640. The minimum atomic E-state index is -3.73. The molecule has 1 saturated heterocycles. The van der Waals surface area contributed by atoms with Crippen molar-refractivity contribution in [3.63, 3.8) is 0 Å². The van der Waals surface area contributed by atoms with E-state index in [2.05, 4.69) is 10.0 Å². The Labute approximate surface area is 124 Å². The highest BCUT2D eigenvalue weighted by atomic mass is 35.5. The second kappa shape index (κ2) is 6.10. The third kappa shape index (κ3) is 3.49. The molecule has 1 aliphatic heterocycles. The lowest BCUT2D eigenvalue weighted by molar-refractivity contribution is 0.361. The molecule has 0 aliphatic carbocycles. The minimum Gasteiger partial charge on any atom is -0.314 e. The van der Waals surface area contributed by atoms with Gasteiger partial charge in [-0.1, -0.05) is 11.6 Å². The largest absolute Gasteiger partial charge is 0.314 e. The molecule has 1 heterocycles. The van der Waals surface area contributed by atoms with E-state index in [-0.39, 0.29) is 22.5 Å². The number of nitriles is 1. The van der Waals surface area contributed by atoms with Crippen LogP contribution in [0.5, 0.6) is 0 Å². The van der Waals surface area contributed by atoms with E-state index in [9.17, 15) is 8.42 Å². The number of sulfonamides is 1. The van der Waals surface area contributed by atoms with Crippen LogP contribution >= 0.6 is 11.6 Å². The molecule has 20 heavy (non-hydrogen) atoms. The summed E-state index contributed by atoms with van der Waals surface area (Å²) < 4.78 is 27.5. The van der Waals surface area contributed by atoms with Crippen LogP contribution in [-0.2, 0) is 10.0 Å². The van der Waals surface area contributed by atoms with Crippen molar-refractivity contribution in [2.45, 2.75) is 36.7 Å². The molecule has 108 valence electrons. The lowest BCUT2D eigenvalue weighted by Gasteiger charge is -2.28. The van der Waals surface area contributed by atoms with Gasteiger partial charge in [0, 0.05) is 17.1 Å².